The summed E-state index contributed by atoms with van der Waals surface area (Å²) in [6, 6.07) is 6.16. The van der Waals surface area contributed by atoms with Crippen molar-refractivity contribution in [2.75, 3.05) is 20.2 Å². The van der Waals surface area contributed by atoms with Gasteiger partial charge in [0.1, 0.15) is 5.75 Å². The number of methoxy groups -OCH3 is 1. The molecule has 1 aromatic rings. The van der Waals surface area contributed by atoms with E-state index in [0.29, 0.717) is 6.54 Å². The summed E-state index contributed by atoms with van der Waals surface area (Å²) in [6.45, 7) is 8.32. The topological polar surface area (TPSA) is 49.8 Å². The number of nitrogens with zero attached hydrogens (tertiary/aromatic N) is 1. The Morgan fingerprint density at radius 1 is 1.48 bits per heavy atom. The van der Waals surface area contributed by atoms with Crippen LogP contribution in [0.1, 0.15) is 31.4 Å². The Labute approximate surface area is 126 Å². The first-order valence-electron chi connectivity index (χ1n) is 7.48. The molecule has 1 aliphatic heterocycles. The van der Waals surface area contributed by atoms with E-state index in [2.05, 4.69) is 17.0 Å². The summed E-state index contributed by atoms with van der Waals surface area (Å²) in [4.78, 5) is 13.9. The van der Waals surface area contributed by atoms with Gasteiger partial charge in [0.15, 0.2) is 0 Å². The van der Waals surface area contributed by atoms with Crippen molar-refractivity contribution < 1.29 is 14.6 Å². The van der Waals surface area contributed by atoms with Gasteiger partial charge < -0.3 is 9.84 Å². The smallest absolute Gasteiger partial charge is 0.311 e. The number of carboxylic acid groups (broad SMARTS) is 1. The first-order valence-corrected chi connectivity index (χ1v) is 7.48. The number of rotatable bonds is 5. The highest BCUT2D eigenvalue weighted by Crippen LogP contribution is 2.38. The van der Waals surface area contributed by atoms with Crippen LogP contribution < -0.4 is 4.74 Å². The van der Waals surface area contributed by atoms with Crippen molar-refractivity contribution >= 4 is 5.97 Å². The Hall–Kier alpha value is -1.55. The minimum atomic E-state index is -0.661. The highest BCUT2D eigenvalue weighted by atomic mass is 16.5. The van der Waals surface area contributed by atoms with Crippen LogP contribution in [-0.2, 0) is 11.3 Å². The molecule has 0 bridgehead atoms. The van der Waals surface area contributed by atoms with Crippen molar-refractivity contribution in [2.45, 2.75) is 33.7 Å². The maximum atomic E-state index is 11.7. The number of benzene rings is 1. The highest BCUT2D eigenvalue weighted by Gasteiger charge is 2.47. The van der Waals surface area contributed by atoms with Gasteiger partial charge in [-0.2, -0.15) is 0 Å². The Morgan fingerprint density at radius 2 is 2.19 bits per heavy atom. The van der Waals surface area contributed by atoms with Gasteiger partial charge in [0, 0.05) is 13.1 Å². The van der Waals surface area contributed by atoms with Crippen LogP contribution in [0.25, 0.3) is 0 Å². The van der Waals surface area contributed by atoms with Crippen LogP contribution in [0, 0.1) is 18.3 Å². The molecule has 1 saturated heterocycles. The van der Waals surface area contributed by atoms with E-state index in [1.807, 2.05) is 26.8 Å². The number of hydrogen-bond donors (Lipinski definition) is 1. The molecular weight excluding hydrogens is 266 g/mol. The molecule has 1 fully saturated rings. The number of carboxylic acids is 1. The van der Waals surface area contributed by atoms with Crippen molar-refractivity contribution in [3.63, 3.8) is 0 Å². The van der Waals surface area contributed by atoms with Gasteiger partial charge in [0.2, 0.25) is 0 Å². The van der Waals surface area contributed by atoms with Gasteiger partial charge in [0.05, 0.1) is 12.5 Å². The van der Waals surface area contributed by atoms with Crippen molar-refractivity contribution in [1.82, 2.24) is 4.90 Å². The number of carbonyl (C=O) groups is 1. The van der Waals surface area contributed by atoms with Crippen LogP contribution in [0.5, 0.6) is 5.75 Å². The molecule has 0 aromatic heterocycles. The molecule has 4 heteroatoms. The number of aryl methyl sites for hydroxylation is 1. The monoisotopic (exact) mass is 291 g/mol. The van der Waals surface area contributed by atoms with Gasteiger partial charge in [0.25, 0.3) is 0 Å². The van der Waals surface area contributed by atoms with E-state index >= 15 is 0 Å². The van der Waals surface area contributed by atoms with Gasteiger partial charge >= 0.3 is 5.97 Å². The normalized spacial score (nSPS) is 22.7. The Bertz CT molecular complexity index is 527. The summed E-state index contributed by atoms with van der Waals surface area (Å²) in [6.07, 6.45) is 0.731. The molecule has 0 spiro atoms. The molecule has 21 heavy (non-hydrogen) atoms. The second-order valence-electron chi connectivity index (χ2n) is 6.38. The first-order chi connectivity index (χ1) is 9.89. The minimum Gasteiger partial charge on any atom is -0.496 e. The molecule has 4 nitrogen and oxygen atoms in total. The van der Waals surface area contributed by atoms with Crippen LogP contribution in [0.15, 0.2) is 18.2 Å². The average molecular weight is 291 g/mol. The minimum absolute atomic E-state index is 0.151. The van der Waals surface area contributed by atoms with Crippen LogP contribution >= 0.6 is 0 Å². The van der Waals surface area contributed by atoms with Crippen molar-refractivity contribution in [3.8, 4) is 5.75 Å². The standard InChI is InChI=1S/C17H25NO3/c1-12(2)17(16(19)20)7-8-18(11-17)10-14-5-6-15(21-4)13(3)9-14/h5-6,9,12H,7-8,10-11H2,1-4H3,(H,19,20). The molecule has 0 saturated carbocycles. The molecule has 0 aliphatic carbocycles. The van der Waals surface area contributed by atoms with Gasteiger partial charge in [-0.1, -0.05) is 26.0 Å². The fourth-order valence-electron chi connectivity index (χ4n) is 3.24. The summed E-state index contributed by atoms with van der Waals surface area (Å²) < 4.78 is 5.27. The SMILES string of the molecule is COc1ccc(CN2CCC(C(=O)O)(C(C)C)C2)cc1C. The molecule has 1 aromatic carbocycles. The van der Waals surface area contributed by atoms with E-state index in [1.54, 1.807) is 7.11 Å². The average Bonchev–Trinajstić information content (AvgIpc) is 2.84. The number of ether oxygens (including phenoxy) is 1. The van der Waals surface area contributed by atoms with Crippen molar-refractivity contribution in [1.29, 1.82) is 0 Å². The van der Waals surface area contributed by atoms with Gasteiger partial charge in [-0.05, 0) is 43.0 Å². The van der Waals surface area contributed by atoms with Crippen LogP contribution in [0.2, 0.25) is 0 Å². The van der Waals surface area contributed by atoms with Crippen molar-refractivity contribution in [3.05, 3.63) is 29.3 Å². The predicted octanol–water partition coefficient (Wildman–Crippen LogP) is 2.94. The Morgan fingerprint density at radius 3 is 2.67 bits per heavy atom. The van der Waals surface area contributed by atoms with Crippen LogP contribution in [0.4, 0.5) is 0 Å². The lowest BCUT2D eigenvalue weighted by Gasteiger charge is -2.29. The van der Waals surface area contributed by atoms with Gasteiger partial charge in [-0.3, -0.25) is 9.69 Å². The third kappa shape index (κ3) is 3.05. The maximum Gasteiger partial charge on any atom is 0.311 e. The zero-order valence-electron chi connectivity index (χ0n) is 13.3. The molecule has 116 valence electrons. The molecular formula is C17H25NO3. The maximum absolute atomic E-state index is 11.7. The molecule has 0 amide bonds. The molecule has 1 N–H and O–H groups in total. The fraction of sp³-hybridized carbons (Fsp3) is 0.588. The van der Waals surface area contributed by atoms with E-state index in [-0.39, 0.29) is 5.92 Å². The first kappa shape index (κ1) is 15.8. The summed E-state index contributed by atoms with van der Waals surface area (Å²) >= 11 is 0. The molecule has 0 radical (unpaired) electrons. The zero-order chi connectivity index (χ0) is 15.6. The summed E-state index contributed by atoms with van der Waals surface area (Å²) in [5, 5.41) is 9.59. The van der Waals surface area contributed by atoms with Crippen molar-refractivity contribution in [2.24, 2.45) is 11.3 Å². The zero-order valence-corrected chi connectivity index (χ0v) is 13.3. The number of hydrogen-bond acceptors (Lipinski definition) is 3. The molecule has 1 atom stereocenters. The quantitative estimate of drug-likeness (QED) is 0.906. The van der Waals surface area contributed by atoms with E-state index in [1.165, 1.54) is 5.56 Å². The van der Waals surface area contributed by atoms with Gasteiger partial charge in [-0.15, -0.1) is 0 Å². The summed E-state index contributed by atoms with van der Waals surface area (Å²) in [5.74, 6) is 0.380. The van der Waals surface area contributed by atoms with E-state index in [0.717, 1.165) is 30.8 Å². The third-order valence-electron chi connectivity index (χ3n) is 4.78. The lowest BCUT2D eigenvalue weighted by Crippen LogP contribution is -2.39. The molecule has 1 heterocycles. The summed E-state index contributed by atoms with van der Waals surface area (Å²) in [7, 11) is 1.67. The van der Waals surface area contributed by atoms with Crippen LogP contribution in [0.3, 0.4) is 0 Å². The second-order valence-corrected chi connectivity index (χ2v) is 6.38. The Kier molecular flexibility index (Phi) is 4.57. The predicted molar refractivity (Wildman–Crippen MR) is 82.5 cm³/mol. The summed E-state index contributed by atoms with van der Waals surface area (Å²) in [5.41, 5.74) is 1.72. The fourth-order valence-corrected chi connectivity index (χ4v) is 3.24. The lowest BCUT2D eigenvalue weighted by atomic mass is 9.76. The van der Waals surface area contributed by atoms with E-state index in [9.17, 15) is 9.90 Å². The molecule has 1 aliphatic rings. The molecule has 2 rings (SSSR count). The van der Waals surface area contributed by atoms with E-state index < -0.39 is 11.4 Å². The van der Waals surface area contributed by atoms with E-state index in [4.69, 9.17) is 4.74 Å². The third-order valence-corrected chi connectivity index (χ3v) is 4.78. The largest absolute Gasteiger partial charge is 0.496 e. The number of aliphatic carboxylic acids is 1. The Balaban J connectivity index is 2.09. The van der Waals surface area contributed by atoms with Gasteiger partial charge in [-0.25, -0.2) is 0 Å². The van der Waals surface area contributed by atoms with Crippen LogP contribution in [-0.4, -0.2) is 36.2 Å². The lowest BCUT2D eigenvalue weighted by molar-refractivity contribution is -0.151. The highest BCUT2D eigenvalue weighted by molar-refractivity contribution is 5.75. The second kappa shape index (κ2) is 6.06. The number of likely N-dealkylation sites (tertiary alicyclic amines) is 1. The molecule has 1 unspecified atom stereocenters.